The lowest BCUT2D eigenvalue weighted by Gasteiger charge is -2.38. The smallest absolute Gasteiger partial charge is 0.307 e. The van der Waals surface area contributed by atoms with Crippen LogP contribution in [0.1, 0.15) is 65.2 Å². The fourth-order valence-corrected chi connectivity index (χ4v) is 4.16. The van der Waals surface area contributed by atoms with Crippen LogP contribution in [0.2, 0.25) is 0 Å². The van der Waals surface area contributed by atoms with Crippen LogP contribution >= 0.6 is 0 Å². The molecule has 1 saturated heterocycles. The lowest BCUT2D eigenvalue weighted by Crippen LogP contribution is -2.47. The monoisotopic (exact) mass is 295 g/mol. The summed E-state index contributed by atoms with van der Waals surface area (Å²) >= 11 is 0. The molecule has 2 aliphatic rings. The first-order chi connectivity index (χ1) is 10.1. The van der Waals surface area contributed by atoms with Gasteiger partial charge in [0.25, 0.3) is 0 Å². The molecule has 4 heteroatoms. The highest BCUT2D eigenvalue weighted by Crippen LogP contribution is 2.40. The van der Waals surface area contributed by atoms with Crippen molar-refractivity contribution in [2.45, 2.75) is 71.3 Å². The number of carboxylic acids is 1. The Bertz CT molecular complexity index is 380. The molecule has 0 radical (unpaired) electrons. The molecule has 0 bridgehead atoms. The molecule has 1 saturated carbocycles. The zero-order chi connectivity index (χ0) is 15.4. The molecule has 1 aliphatic heterocycles. The van der Waals surface area contributed by atoms with Gasteiger partial charge in [0.15, 0.2) is 0 Å². The van der Waals surface area contributed by atoms with E-state index >= 15 is 0 Å². The Labute approximate surface area is 127 Å². The van der Waals surface area contributed by atoms with Crippen molar-refractivity contribution in [1.82, 2.24) is 4.90 Å². The third kappa shape index (κ3) is 3.58. The summed E-state index contributed by atoms with van der Waals surface area (Å²) in [6, 6.07) is 0.339. The van der Waals surface area contributed by atoms with Crippen LogP contribution in [-0.4, -0.2) is 34.5 Å². The maximum Gasteiger partial charge on any atom is 0.307 e. The Morgan fingerprint density at radius 1 is 1.14 bits per heavy atom. The molecule has 0 spiro atoms. The summed E-state index contributed by atoms with van der Waals surface area (Å²) in [6.45, 7) is 5.07. The van der Waals surface area contributed by atoms with Gasteiger partial charge in [-0.1, -0.05) is 26.7 Å². The normalized spacial score (nSPS) is 33.1. The van der Waals surface area contributed by atoms with E-state index in [1.165, 1.54) is 6.42 Å². The van der Waals surface area contributed by atoms with E-state index in [9.17, 15) is 14.7 Å². The lowest BCUT2D eigenvalue weighted by molar-refractivity contribution is -0.150. The minimum atomic E-state index is -0.784. The predicted molar refractivity (Wildman–Crippen MR) is 81.9 cm³/mol. The van der Waals surface area contributed by atoms with E-state index in [2.05, 4.69) is 13.8 Å². The van der Waals surface area contributed by atoms with Gasteiger partial charge in [-0.2, -0.15) is 0 Å². The minimum absolute atomic E-state index is 0.122. The lowest BCUT2D eigenvalue weighted by atomic mass is 9.91. The van der Waals surface area contributed by atoms with E-state index in [1.807, 2.05) is 4.90 Å². The molecule has 4 atom stereocenters. The number of carbonyl (C=O) groups excluding carboxylic acids is 1. The first-order valence-electron chi connectivity index (χ1n) is 8.61. The van der Waals surface area contributed by atoms with Crippen LogP contribution in [0.25, 0.3) is 0 Å². The van der Waals surface area contributed by atoms with Crippen LogP contribution in [-0.2, 0) is 9.59 Å². The molecule has 1 heterocycles. The van der Waals surface area contributed by atoms with Crippen LogP contribution in [0.5, 0.6) is 0 Å². The van der Waals surface area contributed by atoms with Crippen LogP contribution < -0.4 is 0 Å². The molecule has 0 aromatic carbocycles. The first-order valence-corrected chi connectivity index (χ1v) is 8.61. The second-order valence-electron chi connectivity index (χ2n) is 6.77. The van der Waals surface area contributed by atoms with Crippen molar-refractivity contribution >= 4 is 11.9 Å². The largest absolute Gasteiger partial charge is 0.481 e. The quantitative estimate of drug-likeness (QED) is 0.846. The summed E-state index contributed by atoms with van der Waals surface area (Å²) in [4.78, 5) is 26.4. The second-order valence-corrected chi connectivity index (χ2v) is 6.77. The Balaban J connectivity index is 2.10. The Morgan fingerprint density at radius 3 is 2.48 bits per heavy atom. The highest BCUT2D eigenvalue weighted by Gasteiger charge is 2.44. The van der Waals surface area contributed by atoms with Crippen molar-refractivity contribution in [1.29, 1.82) is 0 Å². The predicted octanol–water partition coefficient (Wildman–Crippen LogP) is 3.30. The van der Waals surface area contributed by atoms with Crippen molar-refractivity contribution in [2.24, 2.45) is 17.8 Å². The summed E-state index contributed by atoms with van der Waals surface area (Å²) in [6.07, 6.45) is 7.89. The number of amides is 1. The Morgan fingerprint density at radius 2 is 1.86 bits per heavy atom. The van der Waals surface area contributed by atoms with Crippen molar-refractivity contribution < 1.29 is 14.7 Å². The summed E-state index contributed by atoms with van der Waals surface area (Å²) in [7, 11) is 0. The molecule has 2 unspecified atom stereocenters. The molecule has 1 aliphatic carbocycles. The van der Waals surface area contributed by atoms with Gasteiger partial charge < -0.3 is 10.0 Å². The number of likely N-dealkylation sites (tertiary alicyclic amines) is 1. The molecule has 0 aromatic heterocycles. The number of piperidine rings is 1. The molecule has 21 heavy (non-hydrogen) atoms. The number of carboxylic acid groups (broad SMARTS) is 1. The van der Waals surface area contributed by atoms with E-state index in [0.29, 0.717) is 18.4 Å². The van der Waals surface area contributed by atoms with Crippen molar-refractivity contribution in [3.63, 3.8) is 0 Å². The molecule has 4 nitrogen and oxygen atoms in total. The van der Waals surface area contributed by atoms with Crippen molar-refractivity contribution in [3.05, 3.63) is 0 Å². The van der Waals surface area contributed by atoms with E-state index in [-0.39, 0.29) is 11.8 Å². The molecule has 1 amide bonds. The van der Waals surface area contributed by atoms with E-state index in [1.54, 1.807) is 0 Å². The molecular weight excluding hydrogens is 266 g/mol. The van der Waals surface area contributed by atoms with Gasteiger partial charge in [0.2, 0.25) is 5.91 Å². The standard InChI is InChI=1S/C17H29NO3/c1-3-7-13-8-5-6-9-18(13)16(19)14-10-12(4-2)11-15(14)17(20)21/h12-15H,3-11H2,1-2H3,(H,20,21)/t12?,13?,14-,15+/m0/s1. The average Bonchev–Trinajstić information content (AvgIpc) is 2.92. The van der Waals surface area contributed by atoms with Crippen LogP contribution in [0.3, 0.4) is 0 Å². The zero-order valence-corrected chi connectivity index (χ0v) is 13.4. The van der Waals surface area contributed by atoms with E-state index < -0.39 is 11.9 Å². The molecular formula is C17H29NO3. The van der Waals surface area contributed by atoms with Gasteiger partial charge in [-0.3, -0.25) is 9.59 Å². The number of hydrogen-bond acceptors (Lipinski definition) is 2. The highest BCUT2D eigenvalue weighted by molar-refractivity contribution is 5.85. The summed E-state index contributed by atoms with van der Waals surface area (Å²) in [5.74, 6) is -1.02. The number of carbonyl (C=O) groups is 2. The van der Waals surface area contributed by atoms with Crippen molar-refractivity contribution in [3.8, 4) is 0 Å². The number of aliphatic carboxylic acids is 1. The molecule has 0 aromatic rings. The maximum atomic E-state index is 12.9. The average molecular weight is 295 g/mol. The van der Waals surface area contributed by atoms with Gasteiger partial charge in [0.05, 0.1) is 11.8 Å². The van der Waals surface area contributed by atoms with Gasteiger partial charge in [-0.05, 0) is 44.4 Å². The Kier molecular flexibility index (Phi) is 5.65. The molecule has 1 N–H and O–H groups in total. The Hall–Kier alpha value is -1.06. The fraction of sp³-hybridized carbons (Fsp3) is 0.882. The van der Waals surface area contributed by atoms with Crippen LogP contribution in [0.15, 0.2) is 0 Å². The third-order valence-electron chi connectivity index (χ3n) is 5.40. The summed E-state index contributed by atoms with van der Waals surface area (Å²) in [5.41, 5.74) is 0. The van der Waals surface area contributed by atoms with Gasteiger partial charge in [0, 0.05) is 12.6 Å². The molecule has 2 rings (SSSR count). The second kappa shape index (κ2) is 7.28. The van der Waals surface area contributed by atoms with Gasteiger partial charge in [-0.25, -0.2) is 0 Å². The first kappa shape index (κ1) is 16.3. The highest BCUT2D eigenvalue weighted by atomic mass is 16.4. The maximum absolute atomic E-state index is 12.9. The summed E-state index contributed by atoms with van der Waals surface area (Å²) in [5, 5.41) is 9.44. The zero-order valence-electron chi connectivity index (χ0n) is 13.4. The van der Waals surface area contributed by atoms with Gasteiger partial charge in [0.1, 0.15) is 0 Å². The van der Waals surface area contributed by atoms with E-state index in [4.69, 9.17) is 0 Å². The minimum Gasteiger partial charge on any atom is -0.481 e. The van der Waals surface area contributed by atoms with Gasteiger partial charge >= 0.3 is 5.97 Å². The fourth-order valence-electron chi connectivity index (χ4n) is 4.16. The molecule has 2 fully saturated rings. The van der Waals surface area contributed by atoms with E-state index in [0.717, 1.165) is 45.1 Å². The number of hydrogen-bond donors (Lipinski definition) is 1. The van der Waals surface area contributed by atoms with Gasteiger partial charge in [-0.15, -0.1) is 0 Å². The molecule has 120 valence electrons. The summed E-state index contributed by atoms with van der Waals surface area (Å²) < 4.78 is 0. The third-order valence-corrected chi connectivity index (χ3v) is 5.40. The van der Waals surface area contributed by atoms with Crippen LogP contribution in [0.4, 0.5) is 0 Å². The number of nitrogens with zero attached hydrogens (tertiary/aromatic N) is 1. The number of rotatable bonds is 5. The van der Waals surface area contributed by atoms with Crippen LogP contribution in [0, 0.1) is 17.8 Å². The SMILES string of the molecule is CCCC1CCCCN1C(=O)[C@H]1CC(CC)C[C@H]1C(=O)O. The topological polar surface area (TPSA) is 57.6 Å². The van der Waals surface area contributed by atoms with Crippen molar-refractivity contribution in [2.75, 3.05) is 6.54 Å².